The van der Waals surface area contributed by atoms with E-state index in [0.29, 0.717) is 22.8 Å². The lowest BCUT2D eigenvalue weighted by Crippen LogP contribution is -2.09. The largest absolute Gasteiger partial charge is 0.452 e. The van der Waals surface area contributed by atoms with Crippen LogP contribution in [0.4, 0.5) is 0 Å². The summed E-state index contributed by atoms with van der Waals surface area (Å²) < 4.78 is 10.9. The van der Waals surface area contributed by atoms with Gasteiger partial charge in [0.25, 0.3) is 0 Å². The number of carbonyl (C=O) groups excluding carboxylic acids is 2. The number of hydrogen-bond donors (Lipinski definition) is 0. The van der Waals surface area contributed by atoms with Crippen molar-refractivity contribution in [2.45, 2.75) is 12.8 Å². The Balaban J connectivity index is 1.58. The summed E-state index contributed by atoms with van der Waals surface area (Å²) in [5, 5.41) is 0. The van der Waals surface area contributed by atoms with Crippen LogP contribution in [0.15, 0.2) is 48.4 Å². The summed E-state index contributed by atoms with van der Waals surface area (Å²) in [6.07, 6.45) is 5.01. The number of Topliss-reactive ketones (excluding diaryl/α,β-unsaturated/α-hetero) is 1. The number of hydrogen-bond acceptors (Lipinski definition) is 5. The van der Waals surface area contributed by atoms with Crippen LogP contribution in [-0.4, -0.2) is 16.7 Å². The summed E-state index contributed by atoms with van der Waals surface area (Å²) >= 11 is 0. The van der Waals surface area contributed by atoms with Gasteiger partial charge in [0.1, 0.15) is 11.5 Å². The van der Waals surface area contributed by atoms with Crippen LogP contribution in [0.25, 0.3) is 6.08 Å². The van der Waals surface area contributed by atoms with Gasteiger partial charge in [0.2, 0.25) is 5.78 Å². The second-order valence-electron chi connectivity index (χ2n) is 5.55. The van der Waals surface area contributed by atoms with Gasteiger partial charge in [-0.05, 0) is 37.1 Å². The number of esters is 1. The molecule has 0 N–H and O–H groups in total. The van der Waals surface area contributed by atoms with E-state index in [9.17, 15) is 9.59 Å². The highest BCUT2D eigenvalue weighted by Gasteiger charge is 2.32. The molecule has 0 atom stereocenters. The lowest BCUT2D eigenvalue weighted by Gasteiger charge is -2.04. The summed E-state index contributed by atoms with van der Waals surface area (Å²) in [7, 11) is 0. The van der Waals surface area contributed by atoms with E-state index in [0.717, 1.165) is 12.8 Å². The molecule has 2 aliphatic rings. The highest BCUT2D eigenvalue weighted by Crippen LogP contribution is 2.36. The molecular weight excluding hydrogens is 294 g/mol. The van der Waals surface area contributed by atoms with Crippen molar-refractivity contribution in [3.8, 4) is 11.5 Å². The highest BCUT2D eigenvalue weighted by molar-refractivity contribution is 6.14. The number of fused-ring (bicyclic) bond motifs is 1. The van der Waals surface area contributed by atoms with Crippen LogP contribution in [0.3, 0.4) is 0 Å². The quantitative estimate of drug-likeness (QED) is 0.495. The molecule has 114 valence electrons. The Hall–Kier alpha value is -2.95. The highest BCUT2D eigenvalue weighted by atomic mass is 16.5. The van der Waals surface area contributed by atoms with Crippen molar-refractivity contribution in [1.29, 1.82) is 0 Å². The van der Waals surface area contributed by atoms with E-state index in [2.05, 4.69) is 4.98 Å². The summed E-state index contributed by atoms with van der Waals surface area (Å²) in [5.74, 6) is 0.602. The molecule has 5 heteroatoms. The summed E-state index contributed by atoms with van der Waals surface area (Å²) in [6.45, 7) is 0. The van der Waals surface area contributed by atoms with Crippen LogP contribution in [0.5, 0.6) is 11.5 Å². The Morgan fingerprint density at radius 1 is 1.26 bits per heavy atom. The van der Waals surface area contributed by atoms with E-state index in [4.69, 9.17) is 9.47 Å². The first-order chi connectivity index (χ1) is 11.2. The van der Waals surface area contributed by atoms with Crippen LogP contribution in [0.2, 0.25) is 0 Å². The molecule has 23 heavy (non-hydrogen) atoms. The van der Waals surface area contributed by atoms with Crippen molar-refractivity contribution >= 4 is 17.8 Å². The Morgan fingerprint density at radius 2 is 2.13 bits per heavy atom. The molecule has 1 saturated carbocycles. The molecule has 0 unspecified atom stereocenters. The Labute approximate surface area is 132 Å². The van der Waals surface area contributed by atoms with E-state index in [1.54, 1.807) is 42.6 Å². The van der Waals surface area contributed by atoms with Crippen LogP contribution >= 0.6 is 0 Å². The minimum atomic E-state index is -0.224. The number of carbonyl (C=O) groups is 2. The maximum atomic E-state index is 12.3. The van der Waals surface area contributed by atoms with Crippen molar-refractivity contribution in [3.63, 3.8) is 0 Å². The van der Waals surface area contributed by atoms with Crippen LogP contribution < -0.4 is 9.47 Å². The van der Waals surface area contributed by atoms with Gasteiger partial charge in [-0.15, -0.1) is 0 Å². The normalized spacial score (nSPS) is 17.7. The van der Waals surface area contributed by atoms with Gasteiger partial charge in [-0.1, -0.05) is 6.07 Å². The predicted molar refractivity (Wildman–Crippen MR) is 82.0 cm³/mol. The van der Waals surface area contributed by atoms with Gasteiger partial charge < -0.3 is 9.47 Å². The number of allylic oxidation sites excluding steroid dienone is 1. The fourth-order valence-corrected chi connectivity index (χ4v) is 2.34. The summed E-state index contributed by atoms with van der Waals surface area (Å²) in [5.41, 5.74) is 1.10. The molecular formula is C18H13NO4. The fourth-order valence-electron chi connectivity index (χ4n) is 2.34. The lowest BCUT2D eigenvalue weighted by molar-refractivity contribution is -0.135. The fraction of sp³-hybridized carbons (Fsp3) is 0.167. The monoisotopic (exact) mass is 307 g/mol. The topological polar surface area (TPSA) is 65.5 Å². The second kappa shape index (κ2) is 5.35. The molecule has 1 aromatic heterocycles. The molecule has 5 nitrogen and oxygen atoms in total. The number of rotatable bonds is 3. The summed E-state index contributed by atoms with van der Waals surface area (Å²) in [6, 6.07) is 10.2. The zero-order valence-electron chi connectivity index (χ0n) is 12.2. The number of ketones is 1. The molecule has 4 rings (SSSR count). The van der Waals surface area contributed by atoms with Crippen LogP contribution in [-0.2, 0) is 4.79 Å². The molecule has 2 heterocycles. The van der Waals surface area contributed by atoms with Gasteiger partial charge in [0.15, 0.2) is 5.76 Å². The lowest BCUT2D eigenvalue weighted by atomic mass is 10.1. The maximum Gasteiger partial charge on any atom is 0.314 e. The second-order valence-corrected chi connectivity index (χ2v) is 5.55. The van der Waals surface area contributed by atoms with Gasteiger partial charge in [-0.25, -0.2) is 0 Å². The Bertz CT molecular complexity index is 822. The van der Waals surface area contributed by atoms with Crippen molar-refractivity contribution < 1.29 is 19.1 Å². The van der Waals surface area contributed by atoms with E-state index in [1.165, 1.54) is 0 Å². The van der Waals surface area contributed by atoms with Crippen LogP contribution in [0.1, 0.15) is 28.9 Å². The summed E-state index contributed by atoms with van der Waals surface area (Å²) in [4.78, 5) is 28.2. The molecule has 0 bridgehead atoms. The number of nitrogens with zero attached hydrogens (tertiary/aromatic N) is 1. The predicted octanol–water partition coefficient (Wildman–Crippen LogP) is 3.01. The third kappa shape index (κ3) is 2.73. The zero-order chi connectivity index (χ0) is 15.8. The molecule has 0 radical (unpaired) electrons. The first-order valence-corrected chi connectivity index (χ1v) is 7.42. The molecule has 1 aliphatic heterocycles. The third-order valence-corrected chi connectivity index (χ3v) is 3.74. The molecule has 1 aliphatic carbocycles. The maximum absolute atomic E-state index is 12.3. The van der Waals surface area contributed by atoms with E-state index >= 15 is 0 Å². The number of benzene rings is 1. The van der Waals surface area contributed by atoms with E-state index < -0.39 is 0 Å². The van der Waals surface area contributed by atoms with Crippen molar-refractivity contribution in [1.82, 2.24) is 4.98 Å². The molecule has 0 amide bonds. The van der Waals surface area contributed by atoms with Crippen LogP contribution in [0, 0.1) is 5.92 Å². The SMILES string of the molecule is O=C1/C(=C/c2ccccn2)Oc2cc(OC(=O)C3CC3)ccc21. The number of ether oxygens (including phenoxy) is 2. The average molecular weight is 307 g/mol. The Morgan fingerprint density at radius 3 is 2.87 bits per heavy atom. The van der Waals surface area contributed by atoms with E-state index in [1.807, 2.05) is 6.07 Å². The molecule has 0 saturated heterocycles. The standard InChI is InChI=1S/C18H13NO4/c20-17-14-7-6-13(22-18(21)11-4-5-11)10-15(14)23-16(17)9-12-3-1-2-8-19-12/h1-3,6-11H,4-5H2/b16-9-. The van der Waals surface area contributed by atoms with Crippen molar-refractivity contribution in [3.05, 3.63) is 59.6 Å². The molecule has 1 fully saturated rings. The van der Waals surface area contributed by atoms with E-state index in [-0.39, 0.29) is 23.4 Å². The van der Waals surface area contributed by atoms with Gasteiger partial charge in [-0.2, -0.15) is 0 Å². The van der Waals surface area contributed by atoms with Gasteiger partial charge in [-0.3, -0.25) is 14.6 Å². The first-order valence-electron chi connectivity index (χ1n) is 7.42. The average Bonchev–Trinajstić information content (AvgIpc) is 3.36. The minimum absolute atomic E-state index is 0.0189. The molecule has 2 aromatic rings. The third-order valence-electron chi connectivity index (χ3n) is 3.74. The Kier molecular flexibility index (Phi) is 3.19. The van der Waals surface area contributed by atoms with Crippen molar-refractivity contribution in [2.75, 3.05) is 0 Å². The van der Waals surface area contributed by atoms with Gasteiger partial charge in [0, 0.05) is 18.3 Å². The zero-order valence-corrected chi connectivity index (χ0v) is 12.2. The number of aromatic nitrogens is 1. The van der Waals surface area contributed by atoms with Gasteiger partial charge in [0.05, 0.1) is 17.2 Å². The molecule has 1 aromatic carbocycles. The molecule has 0 spiro atoms. The van der Waals surface area contributed by atoms with Gasteiger partial charge >= 0.3 is 5.97 Å². The minimum Gasteiger partial charge on any atom is -0.452 e. The number of pyridine rings is 1. The van der Waals surface area contributed by atoms with Crippen molar-refractivity contribution in [2.24, 2.45) is 5.92 Å². The smallest absolute Gasteiger partial charge is 0.314 e. The first kappa shape index (κ1) is 13.7.